The van der Waals surface area contributed by atoms with E-state index in [0.29, 0.717) is 5.56 Å². The molecular weight excluding hydrogens is 330 g/mol. The number of carbonyl (C=O) groups is 2. The second kappa shape index (κ2) is 8.79. The molecule has 1 atom stereocenters. The average molecular weight is 355 g/mol. The maximum Gasteiger partial charge on any atom is 0.251 e. The van der Waals surface area contributed by atoms with Crippen molar-refractivity contribution in [3.63, 3.8) is 0 Å². The van der Waals surface area contributed by atoms with E-state index < -0.39 is 10.0 Å². The monoisotopic (exact) mass is 355 g/mol. The zero-order valence-corrected chi connectivity index (χ0v) is 15.3. The second-order valence-corrected chi connectivity index (χ2v) is 7.85. The van der Waals surface area contributed by atoms with Gasteiger partial charge in [-0.05, 0) is 37.6 Å². The van der Waals surface area contributed by atoms with Crippen LogP contribution in [0.25, 0.3) is 0 Å². The SMILES string of the molecule is CCC(C)NC(=O)CCNC(=O)c1ccc(S(=O)(=O)N(C)C)cc1. The van der Waals surface area contributed by atoms with Gasteiger partial charge in [0.05, 0.1) is 4.90 Å². The molecule has 2 N–H and O–H groups in total. The summed E-state index contributed by atoms with van der Waals surface area (Å²) >= 11 is 0. The van der Waals surface area contributed by atoms with E-state index in [1.807, 2.05) is 13.8 Å². The molecule has 1 aromatic carbocycles. The summed E-state index contributed by atoms with van der Waals surface area (Å²) in [5.74, 6) is -0.461. The summed E-state index contributed by atoms with van der Waals surface area (Å²) in [6, 6.07) is 5.79. The number of amides is 2. The number of carbonyl (C=O) groups excluding carboxylic acids is 2. The van der Waals surface area contributed by atoms with E-state index in [1.165, 1.54) is 38.4 Å². The molecule has 1 unspecified atom stereocenters. The fourth-order valence-electron chi connectivity index (χ4n) is 1.83. The van der Waals surface area contributed by atoms with Gasteiger partial charge in [0, 0.05) is 38.7 Å². The second-order valence-electron chi connectivity index (χ2n) is 5.69. The van der Waals surface area contributed by atoms with Gasteiger partial charge in [-0.2, -0.15) is 0 Å². The molecule has 0 aliphatic carbocycles. The zero-order chi connectivity index (χ0) is 18.3. The maximum atomic E-state index is 12.0. The Labute approximate surface area is 143 Å². The van der Waals surface area contributed by atoms with E-state index in [2.05, 4.69) is 10.6 Å². The topological polar surface area (TPSA) is 95.6 Å². The lowest BCUT2D eigenvalue weighted by atomic mass is 10.2. The Morgan fingerprint density at radius 3 is 2.25 bits per heavy atom. The first kappa shape index (κ1) is 20.1. The van der Waals surface area contributed by atoms with Gasteiger partial charge in [0.15, 0.2) is 0 Å². The van der Waals surface area contributed by atoms with Gasteiger partial charge in [-0.3, -0.25) is 9.59 Å². The highest BCUT2D eigenvalue weighted by atomic mass is 32.2. The number of hydrogen-bond acceptors (Lipinski definition) is 4. The minimum Gasteiger partial charge on any atom is -0.354 e. The van der Waals surface area contributed by atoms with E-state index >= 15 is 0 Å². The number of rotatable bonds is 8. The van der Waals surface area contributed by atoms with Gasteiger partial charge in [0.1, 0.15) is 0 Å². The lowest BCUT2D eigenvalue weighted by Gasteiger charge is -2.12. The van der Waals surface area contributed by atoms with Crippen LogP contribution in [0.4, 0.5) is 0 Å². The molecule has 0 radical (unpaired) electrons. The van der Waals surface area contributed by atoms with Crippen molar-refractivity contribution >= 4 is 21.8 Å². The highest BCUT2D eigenvalue weighted by Gasteiger charge is 2.17. The average Bonchev–Trinajstić information content (AvgIpc) is 2.54. The summed E-state index contributed by atoms with van der Waals surface area (Å²) < 4.78 is 25.0. The van der Waals surface area contributed by atoms with Crippen LogP contribution in [0.5, 0.6) is 0 Å². The molecule has 0 spiro atoms. The van der Waals surface area contributed by atoms with E-state index in [-0.39, 0.29) is 35.7 Å². The van der Waals surface area contributed by atoms with Crippen molar-refractivity contribution in [3.05, 3.63) is 29.8 Å². The van der Waals surface area contributed by atoms with Gasteiger partial charge in [0.2, 0.25) is 15.9 Å². The molecule has 134 valence electrons. The van der Waals surface area contributed by atoms with Gasteiger partial charge >= 0.3 is 0 Å². The minimum atomic E-state index is -3.51. The van der Waals surface area contributed by atoms with Crippen molar-refractivity contribution in [2.75, 3.05) is 20.6 Å². The molecule has 0 aliphatic heterocycles. The molecule has 24 heavy (non-hydrogen) atoms. The van der Waals surface area contributed by atoms with Gasteiger partial charge in [0.25, 0.3) is 5.91 Å². The van der Waals surface area contributed by atoms with Crippen molar-refractivity contribution < 1.29 is 18.0 Å². The maximum absolute atomic E-state index is 12.0. The Kier molecular flexibility index (Phi) is 7.37. The number of sulfonamides is 1. The first-order valence-electron chi connectivity index (χ1n) is 7.78. The number of hydrogen-bond donors (Lipinski definition) is 2. The van der Waals surface area contributed by atoms with Crippen LogP contribution in [-0.4, -0.2) is 51.2 Å². The Bertz CT molecular complexity index is 669. The van der Waals surface area contributed by atoms with Crippen LogP contribution in [0.2, 0.25) is 0 Å². The first-order valence-corrected chi connectivity index (χ1v) is 9.22. The molecule has 2 amide bonds. The fourth-order valence-corrected chi connectivity index (χ4v) is 2.73. The summed E-state index contributed by atoms with van der Waals surface area (Å²) in [7, 11) is -0.623. The lowest BCUT2D eigenvalue weighted by molar-refractivity contribution is -0.121. The van der Waals surface area contributed by atoms with E-state index in [9.17, 15) is 18.0 Å². The fraction of sp³-hybridized carbons (Fsp3) is 0.500. The number of nitrogens with zero attached hydrogens (tertiary/aromatic N) is 1. The summed E-state index contributed by atoms with van der Waals surface area (Å²) in [6.07, 6.45) is 1.05. The van der Waals surface area contributed by atoms with E-state index in [0.717, 1.165) is 10.7 Å². The van der Waals surface area contributed by atoms with Crippen LogP contribution >= 0.6 is 0 Å². The molecule has 0 bridgehead atoms. The molecule has 1 rings (SSSR count). The number of benzene rings is 1. The summed E-state index contributed by atoms with van der Waals surface area (Å²) in [6.45, 7) is 4.12. The quantitative estimate of drug-likeness (QED) is 0.726. The van der Waals surface area contributed by atoms with E-state index in [1.54, 1.807) is 0 Å². The standard InChI is InChI=1S/C16H25N3O4S/c1-5-12(2)18-15(20)10-11-17-16(21)13-6-8-14(9-7-13)24(22,23)19(3)4/h6-9,12H,5,10-11H2,1-4H3,(H,17,21)(H,18,20). The third-order valence-electron chi connectivity index (χ3n) is 3.55. The van der Waals surface area contributed by atoms with Crippen LogP contribution in [0.1, 0.15) is 37.0 Å². The molecule has 8 heteroatoms. The van der Waals surface area contributed by atoms with Gasteiger partial charge in [-0.1, -0.05) is 6.92 Å². The van der Waals surface area contributed by atoms with Gasteiger partial charge in [-0.25, -0.2) is 12.7 Å². The van der Waals surface area contributed by atoms with Crippen LogP contribution in [0.15, 0.2) is 29.2 Å². The van der Waals surface area contributed by atoms with Crippen molar-refractivity contribution in [2.24, 2.45) is 0 Å². The summed E-state index contributed by atoms with van der Waals surface area (Å²) in [4.78, 5) is 23.7. The minimum absolute atomic E-state index is 0.111. The molecule has 0 aliphatic rings. The first-order chi connectivity index (χ1) is 11.2. The molecule has 0 fully saturated rings. The zero-order valence-electron chi connectivity index (χ0n) is 14.5. The van der Waals surface area contributed by atoms with Crippen LogP contribution in [-0.2, 0) is 14.8 Å². The predicted molar refractivity (Wildman–Crippen MR) is 92.2 cm³/mol. The van der Waals surface area contributed by atoms with Gasteiger partial charge < -0.3 is 10.6 Å². The lowest BCUT2D eigenvalue weighted by Crippen LogP contribution is -2.35. The van der Waals surface area contributed by atoms with Crippen LogP contribution in [0, 0.1) is 0 Å². The normalized spacial score (nSPS) is 12.7. The largest absolute Gasteiger partial charge is 0.354 e. The highest BCUT2D eigenvalue weighted by Crippen LogP contribution is 2.13. The van der Waals surface area contributed by atoms with Crippen LogP contribution in [0.3, 0.4) is 0 Å². The third kappa shape index (κ3) is 5.61. The molecule has 0 saturated heterocycles. The molecule has 1 aromatic rings. The molecule has 7 nitrogen and oxygen atoms in total. The highest BCUT2D eigenvalue weighted by molar-refractivity contribution is 7.89. The predicted octanol–water partition coefficient (Wildman–Crippen LogP) is 0.972. The summed E-state index contributed by atoms with van der Waals surface area (Å²) in [5.41, 5.74) is 0.343. The van der Waals surface area contributed by atoms with Crippen molar-refractivity contribution in [1.29, 1.82) is 0 Å². The van der Waals surface area contributed by atoms with Crippen molar-refractivity contribution in [1.82, 2.24) is 14.9 Å². The Hall–Kier alpha value is -1.93. The molecule has 0 heterocycles. The third-order valence-corrected chi connectivity index (χ3v) is 5.38. The Morgan fingerprint density at radius 2 is 1.75 bits per heavy atom. The van der Waals surface area contributed by atoms with Crippen LogP contribution < -0.4 is 10.6 Å². The number of nitrogens with one attached hydrogen (secondary N) is 2. The Morgan fingerprint density at radius 1 is 1.17 bits per heavy atom. The van der Waals surface area contributed by atoms with Crippen molar-refractivity contribution in [2.45, 2.75) is 37.6 Å². The molecule has 0 aromatic heterocycles. The molecule has 0 saturated carbocycles. The summed E-state index contributed by atoms with van der Waals surface area (Å²) in [5, 5.41) is 5.46. The Balaban J connectivity index is 2.56. The molecular formula is C16H25N3O4S. The van der Waals surface area contributed by atoms with Crippen molar-refractivity contribution in [3.8, 4) is 0 Å². The van der Waals surface area contributed by atoms with E-state index in [4.69, 9.17) is 0 Å². The van der Waals surface area contributed by atoms with Gasteiger partial charge in [-0.15, -0.1) is 0 Å². The smallest absolute Gasteiger partial charge is 0.251 e.